The van der Waals surface area contributed by atoms with Gasteiger partial charge in [-0.15, -0.1) is 10.2 Å². The minimum Gasteiger partial charge on any atom is -0.341 e. The van der Waals surface area contributed by atoms with Gasteiger partial charge in [-0.1, -0.05) is 29.5 Å². The number of rotatable bonds is 7. The van der Waals surface area contributed by atoms with Crippen molar-refractivity contribution in [1.82, 2.24) is 14.8 Å². The predicted molar refractivity (Wildman–Crippen MR) is 128 cm³/mol. The second-order valence-electron chi connectivity index (χ2n) is 8.03. The summed E-state index contributed by atoms with van der Waals surface area (Å²) in [5.41, 5.74) is 3.44. The van der Waals surface area contributed by atoms with Crippen LogP contribution in [0, 0.1) is 6.92 Å². The summed E-state index contributed by atoms with van der Waals surface area (Å²) in [5, 5.41) is 12.1. The smallest absolute Gasteiger partial charge is 0.237 e. The number of carbonyl (C=O) groups excluding carboxylic acids is 2. The van der Waals surface area contributed by atoms with E-state index < -0.39 is 0 Å². The minimum absolute atomic E-state index is 0.00366. The highest BCUT2D eigenvalue weighted by Gasteiger charge is 2.25. The van der Waals surface area contributed by atoms with Gasteiger partial charge in [0, 0.05) is 24.3 Å². The summed E-state index contributed by atoms with van der Waals surface area (Å²) in [6.45, 7) is 7.35. The summed E-state index contributed by atoms with van der Waals surface area (Å²) < 4.78 is 2.04. The fraction of sp³-hybridized carbons (Fsp3) is 0.333. The van der Waals surface area contributed by atoms with Crippen molar-refractivity contribution in [3.63, 3.8) is 0 Å². The average molecular weight is 450 g/mol. The fourth-order valence-corrected chi connectivity index (χ4v) is 4.49. The van der Waals surface area contributed by atoms with Gasteiger partial charge in [0.2, 0.25) is 11.9 Å². The van der Waals surface area contributed by atoms with E-state index >= 15 is 0 Å². The number of thioether (sulfide) groups is 1. The van der Waals surface area contributed by atoms with Crippen LogP contribution in [0.3, 0.4) is 0 Å². The summed E-state index contributed by atoms with van der Waals surface area (Å²) in [6, 6.07) is 15.2. The van der Waals surface area contributed by atoms with E-state index in [1.807, 2.05) is 11.5 Å². The van der Waals surface area contributed by atoms with Crippen molar-refractivity contribution >= 4 is 35.1 Å². The van der Waals surface area contributed by atoms with Crippen LogP contribution in [0.5, 0.6) is 0 Å². The third-order valence-electron chi connectivity index (χ3n) is 5.51. The molecule has 1 fully saturated rings. The van der Waals surface area contributed by atoms with Crippen LogP contribution >= 0.6 is 11.8 Å². The summed E-state index contributed by atoms with van der Waals surface area (Å²) in [6.07, 6.45) is 2.29. The Morgan fingerprint density at radius 2 is 1.66 bits per heavy atom. The Morgan fingerprint density at radius 3 is 2.28 bits per heavy atom. The number of anilines is 2. The molecule has 166 valence electrons. The molecule has 32 heavy (non-hydrogen) atoms. The van der Waals surface area contributed by atoms with Gasteiger partial charge >= 0.3 is 0 Å². The van der Waals surface area contributed by atoms with E-state index in [4.69, 9.17) is 0 Å². The Kier molecular flexibility index (Phi) is 6.60. The lowest BCUT2D eigenvalue weighted by molar-refractivity contribution is -0.115. The zero-order valence-corrected chi connectivity index (χ0v) is 19.4. The van der Waals surface area contributed by atoms with Crippen molar-refractivity contribution in [3.05, 3.63) is 59.7 Å². The molecule has 1 atom stereocenters. The first-order valence-electron chi connectivity index (χ1n) is 10.8. The lowest BCUT2D eigenvalue weighted by Crippen LogP contribution is -2.24. The first-order valence-corrected chi connectivity index (χ1v) is 11.7. The zero-order chi connectivity index (χ0) is 22.7. The van der Waals surface area contributed by atoms with Crippen LogP contribution < -0.4 is 10.2 Å². The molecule has 2 heterocycles. The molecule has 7 nitrogen and oxygen atoms in total. The Hall–Kier alpha value is -3.13. The largest absolute Gasteiger partial charge is 0.341 e. The van der Waals surface area contributed by atoms with Crippen molar-refractivity contribution < 1.29 is 9.59 Å². The van der Waals surface area contributed by atoms with E-state index in [2.05, 4.69) is 51.6 Å². The number of aryl methyl sites for hydroxylation is 1. The van der Waals surface area contributed by atoms with Crippen molar-refractivity contribution in [3.8, 4) is 5.69 Å². The number of nitrogens with one attached hydrogen (secondary N) is 1. The summed E-state index contributed by atoms with van der Waals surface area (Å²) in [4.78, 5) is 26.5. The molecule has 4 rings (SSSR count). The molecular formula is C24H27N5O2S. The number of carbonyl (C=O) groups is 2. The van der Waals surface area contributed by atoms with E-state index in [1.165, 1.54) is 24.2 Å². The lowest BCUT2D eigenvalue weighted by Gasteiger charge is -2.19. The topological polar surface area (TPSA) is 80.1 Å². The van der Waals surface area contributed by atoms with Gasteiger partial charge in [-0.2, -0.15) is 0 Å². The Balaban J connectivity index is 1.54. The molecule has 1 aliphatic rings. The highest BCUT2D eigenvalue weighted by atomic mass is 32.2. The van der Waals surface area contributed by atoms with E-state index in [0.29, 0.717) is 16.4 Å². The van der Waals surface area contributed by atoms with Gasteiger partial charge in [0.1, 0.15) is 0 Å². The molecule has 0 aliphatic carbocycles. The van der Waals surface area contributed by atoms with Gasteiger partial charge < -0.3 is 10.2 Å². The molecule has 0 spiro atoms. The number of ketones is 1. The van der Waals surface area contributed by atoms with E-state index in [1.54, 1.807) is 24.3 Å². The molecule has 1 N–H and O–H groups in total. The van der Waals surface area contributed by atoms with Crippen molar-refractivity contribution in [2.75, 3.05) is 23.3 Å². The second-order valence-corrected chi connectivity index (χ2v) is 9.34. The summed E-state index contributed by atoms with van der Waals surface area (Å²) in [5.74, 6) is 0.684. The Bertz CT molecular complexity index is 1100. The number of Topliss-reactive ketones (excluding diaryl/α,β-unsaturated/α-hetero) is 1. The molecule has 0 bridgehead atoms. The van der Waals surface area contributed by atoms with Gasteiger partial charge in [0.05, 0.1) is 10.9 Å². The van der Waals surface area contributed by atoms with Crippen LogP contribution in [0.25, 0.3) is 5.69 Å². The summed E-state index contributed by atoms with van der Waals surface area (Å²) in [7, 11) is 0. The normalized spacial score (nSPS) is 14.4. The number of hydrogen-bond donors (Lipinski definition) is 1. The molecule has 1 aromatic heterocycles. The average Bonchev–Trinajstić information content (AvgIpc) is 3.45. The van der Waals surface area contributed by atoms with Crippen molar-refractivity contribution in [1.29, 1.82) is 0 Å². The second kappa shape index (κ2) is 9.56. The number of amides is 1. The number of benzene rings is 2. The minimum atomic E-state index is -0.387. The third-order valence-corrected chi connectivity index (χ3v) is 6.55. The van der Waals surface area contributed by atoms with E-state index in [-0.39, 0.29) is 16.9 Å². The van der Waals surface area contributed by atoms with Crippen LogP contribution in [0.2, 0.25) is 0 Å². The Labute approximate surface area is 192 Å². The van der Waals surface area contributed by atoms with Crippen LogP contribution in [-0.2, 0) is 4.79 Å². The Morgan fingerprint density at radius 1 is 1.00 bits per heavy atom. The molecular weight excluding hydrogens is 422 g/mol. The van der Waals surface area contributed by atoms with E-state index in [0.717, 1.165) is 37.6 Å². The zero-order valence-electron chi connectivity index (χ0n) is 18.5. The molecule has 3 aromatic rings. The SMILES string of the molecule is CC(=O)c1ccc(NC(=O)C(C)Sc2nnc(N3CCCC3)n2-c2ccc(C)cc2)cc1. The molecule has 1 amide bonds. The first kappa shape index (κ1) is 22.1. The van der Waals surface area contributed by atoms with Gasteiger partial charge in [0.15, 0.2) is 10.9 Å². The number of hydrogen-bond acceptors (Lipinski definition) is 6. The lowest BCUT2D eigenvalue weighted by atomic mass is 10.1. The maximum Gasteiger partial charge on any atom is 0.237 e. The molecule has 1 unspecified atom stereocenters. The fourth-order valence-electron chi connectivity index (χ4n) is 3.62. The van der Waals surface area contributed by atoms with Crippen LogP contribution in [0.1, 0.15) is 42.6 Å². The van der Waals surface area contributed by atoms with Crippen LogP contribution in [0.4, 0.5) is 11.6 Å². The highest BCUT2D eigenvalue weighted by molar-refractivity contribution is 8.00. The first-order chi connectivity index (χ1) is 15.4. The number of nitrogens with zero attached hydrogens (tertiary/aromatic N) is 4. The van der Waals surface area contributed by atoms with Crippen molar-refractivity contribution in [2.45, 2.75) is 44.0 Å². The quantitative estimate of drug-likeness (QED) is 0.423. The van der Waals surface area contributed by atoms with Crippen LogP contribution in [0.15, 0.2) is 53.7 Å². The van der Waals surface area contributed by atoms with Gasteiger partial charge in [-0.3, -0.25) is 14.2 Å². The molecule has 1 saturated heterocycles. The van der Waals surface area contributed by atoms with Gasteiger partial charge in [0.25, 0.3) is 0 Å². The summed E-state index contributed by atoms with van der Waals surface area (Å²) >= 11 is 1.38. The maximum absolute atomic E-state index is 12.8. The highest BCUT2D eigenvalue weighted by Crippen LogP contribution is 2.31. The standard InChI is InChI=1S/C24H27N5O2S/c1-16-6-12-21(13-7-16)29-23(28-14-4-5-15-28)26-27-24(29)32-18(3)22(31)25-20-10-8-19(9-11-20)17(2)30/h6-13,18H,4-5,14-15H2,1-3H3,(H,25,31). The van der Waals surface area contributed by atoms with Gasteiger partial charge in [-0.25, -0.2) is 0 Å². The molecule has 8 heteroatoms. The molecule has 1 aliphatic heterocycles. The maximum atomic E-state index is 12.8. The van der Waals surface area contributed by atoms with E-state index in [9.17, 15) is 9.59 Å². The molecule has 2 aromatic carbocycles. The molecule has 0 radical (unpaired) electrons. The third kappa shape index (κ3) is 4.85. The molecule has 0 saturated carbocycles. The predicted octanol–water partition coefficient (Wildman–Crippen LogP) is 4.50. The monoisotopic (exact) mass is 449 g/mol. The van der Waals surface area contributed by atoms with Gasteiger partial charge in [-0.05, 0) is 70.0 Å². The van der Waals surface area contributed by atoms with Crippen LogP contribution in [-0.4, -0.2) is 44.8 Å². The number of aromatic nitrogens is 3. The van der Waals surface area contributed by atoms with Crippen molar-refractivity contribution in [2.24, 2.45) is 0 Å².